The van der Waals surface area contributed by atoms with E-state index in [1.807, 2.05) is 31.2 Å². The Morgan fingerprint density at radius 3 is 2.80 bits per heavy atom. The highest BCUT2D eigenvalue weighted by molar-refractivity contribution is 6.31. The second-order valence-corrected chi connectivity index (χ2v) is 3.87. The van der Waals surface area contributed by atoms with Crippen LogP contribution in [0, 0.1) is 11.3 Å². The predicted octanol–water partition coefficient (Wildman–Crippen LogP) is 2.43. The second kappa shape index (κ2) is 5.73. The standard InChI is InChI=1S/C11H15ClN2O/c1-8(11(13)14)6-15-7-9-4-2-3-5-10(9)12/h2-5,8H,6-7H2,1H3,(H3,13,14). The second-order valence-electron chi connectivity index (χ2n) is 3.46. The van der Waals surface area contributed by atoms with E-state index in [1.165, 1.54) is 0 Å². The molecule has 82 valence electrons. The van der Waals surface area contributed by atoms with Gasteiger partial charge in [0.2, 0.25) is 0 Å². The first-order valence-corrected chi connectivity index (χ1v) is 5.14. The number of nitrogens with one attached hydrogen (secondary N) is 1. The van der Waals surface area contributed by atoms with Crippen LogP contribution in [0.15, 0.2) is 24.3 Å². The van der Waals surface area contributed by atoms with E-state index >= 15 is 0 Å². The molecule has 3 N–H and O–H groups in total. The normalized spacial score (nSPS) is 12.4. The molecule has 0 spiro atoms. The van der Waals surface area contributed by atoms with Crippen molar-refractivity contribution >= 4 is 17.4 Å². The summed E-state index contributed by atoms with van der Waals surface area (Å²) in [5, 5.41) is 7.90. The van der Waals surface area contributed by atoms with E-state index in [0.29, 0.717) is 18.2 Å². The molecule has 0 aliphatic heterocycles. The van der Waals surface area contributed by atoms with Crippen LogP contribution in [-0.2, 0) is 11.3 Å². The van der Waals surface area contributed by atoms with Gasteiger partial charge in [-0.15, -0.1) is 0 Å². The molecule has 0 bridgehead atoms. The minimum Gasteiger partial charge on any atom is -0.387 e. The van der Waals surface area contributed by atoms with Crippen molar-refractivity contribution in [2.24, 2.45) is 11.7 Å². The minimum absolute atomic E-state index is 0.0486. The Bertz CT molecular complexity index is 341. The summed E-state index contributed by atoms with van der Waals surface area (Å²) in [6.45, 7) is 2.76. The van der Waals surface area contributed by atoms with E-state index in [0.717, 1.165) is 5.56 Å². The summed E-state index contributed by atoms with van der Waals surface area (Å²) >= 11 is 5.96. The average Bonchev–Trinajstić information content (AvgIpc) is 2.20. The minimum atomic E-state index is -0.0486. The molecule has 0 saturated carbocycles. The van der Waals surface area contributed by atoms with Crippen molar-refractivity contribution < 1.29 is 4.74 Å². The molecule has 0 radical (unpaired) electrons. The van der Waals surface area contributed by atoms with Gasteiger partial charge >= 0.3 is 0 Å². The maximum atomic E-state index is 7.20. The van der Waals surface area contributed by atoms with Crippen molar-refractivity contribution in [2.75, 3.05) is 6.61 Å². The summed E-state index contributed by atoms with van der Waals surface area (Å²) in [5.41, 5.74) is 6.28. The van der Waals surface area contributed by atoms with Crippen LogP contribution in [0.5, 0.6) is 0 Å². The van der Waals surface area contributed by atoms with Crippen molar-refractivity contribution in [2.45, 2.75) is 13.5 Å². The molecule has 0 saturated heterocycles. The van der Waals surface area contributed by atoms with Crippen molar-refractivity contribution in [1.82, 2.24) is 0 Å². The van der Waals surface area contributed by atoms with Crippen LogP contribution in [0.2, 0.25) is 5.02 Å². The highest BCUT2D eigenvalue weighted by atomic mass is 35.5. The Hall–Kier alpha value is -1.06. The third kappa shape index (κ3) is 3.90. The zero-order valence-corrected chi connectivity index (χ0v) is 9.42. The van der Waals surface area contributed by atoms with Gasteiger partial charge < -0.3 is 10.5 Å². The molecule has 0 amide bonds. The maximum Gasteiger partial charge on any atom is 0.0957 e. The Balaban J connectivity index is 2.38. The topological polar surface area (TPSA) is 59.1 Å². The molecule has 0 aliphatic carbocycles. The SMILES string of the molecule is CC(COCc1ccccc1Cl)C(=N)N. The molecule has 0 aliphatic rings. The summed E-state index contributed by atoms with van der Waals surface area (Å²) in [4.78, 5) is 0. The van der Waals surface area contributed by atoms with Gasteiger partial charge in [0.15, 0.2) is 0 Å². The lowest BCUT2D eigenvalue weighted by Gasteiger charge is -2.10. The number of benzene rings is 1. The van der Waals surface area contributed by atoms with Crippen LogP contribution in [0.4, 0.5) is 0 Å². The fourth-order valence-electron chi connectivity index (χ4n) is 1.05. The first-order chi connectivity index (χ1) is 7.11. The quantitative estimate of drug-likeness (QED) is 0.599. The number of rotatable bonds is 5. The third-order valence-electron chi connectivity index (χ3n) is 2.11. The monoisotopic (exact) mass is 226 g/mol. The molecule has 1 rings (SSSR count). The van der Waals surface area contributed by atoms with Gasteiger partial charge in [-0.2, -0.15) is 0 Å². The van der Waals surface area contributed by atoms with Crippen molar-refractivity contribution in [3.05, 3.63) is 34.9 Å². The summed E-state index contributed by atoms with van der Waals surface area (Å²) < 4.78 is 5.42. The molecular weight excluding hydrogens is 212 g/mol. The number of hydrogen-bond donors (Lipinski definition) is 2. The van der Waals surface area contributed by atoms with Crippen LogP contribution in [0.1, 0.15) is 12.5 Å². The number of nitrogens with two attached hydrogens (primary N) is 1. The largest absolute Gasteiger partial charge is 0.387 e. The third-order valence-corrected chi connectivity index (χ3v) is 2.48. The molecule has 15 heavy (non-hydrogen) atoms. The molecular formula is C11H15ClN2O. The van der Waals surface area contributed by atoms with E-state index in [9.17, 15) is 0 Å². The number of amidine groups is 1. The van der Waals surface area contributed by atoms with Gasteiger partial charge in [-0.25, -0.2) is 0 Å². The number of ether oxygens (including phenoxy) is 1. The average molecular weight is 227 g/mol. The van der Waals surface area contributed by atoms with Gasteiger partial charge in [0.25, 0.3) is 0 Å². The number of hydrogen-bond acceptors (Lipinski definition) is 2. The van der Waals surface area contributed by atoms with E-state index < -0.39 is 0 Å². The Morgan fingerprint density at radius 2 is 2.20 bits per heavy atom. The first-order valence-electron chi connectivity index (χ1n) is 4.76. The van der Waals surface area contributed by atoms with Gasteiger partial charge in [0.05, 0.1) is 19.0 Å². The van der Waals surface area contributed by atoms with Gasteiger partial charge in [0.1, 0.15) is 0 Å². The van der Waals surface area contributed by atoms with Gasteiger partial charge in [-0.1, -0.05) is 36.7 Å². The summed E-state index contributed by atoms with van der Waals surface area (Å²) in [5.74, 6) is 0.0987. The zero-order valence-electron chi connectivity index (χ0n) is 8.66. The summed E-state index contributed by atoms with van der Waals surface area (Å²) in [6, 6.07) is 7.54. The first kappa shape index (κ1) is 12.0. The Kier molecular flexibility index (Phi) is 4.59. The van der Waals surface area contributed by atoms with Crippen LogP contribution in [-0.4, -0.2) is 12.4 Å². The molecule has 1 atom stereocenters. The van der Waals surface area contributed by atoms with Crippen LogP contribution >= 0.6 is 11.6 Å². The number of halogens is 1. The molecule has 1 unspecified atom stereocenters. The van der Waals surface area contributed by atoms with Gasteiger partial charge in [0, 0.05) is 10.9 Å². The van der Waals surface area contributed by atoms with E-state index in [4.69, 9.17) is 27.5 Å². The van der Waals surface area contributed by atoms with E-state index in [-0.39, 0.29) is 11.8 Å². The molecule has 0 fully saturated rings. The van der Waals surface area contributed by atoms with E-state index in [1.54, 1.807) is 0 Å². The molecule has 1 aromatic rings. The summed E-state index contributed by atoms with van der Waals surface area (Å²) in [6.07, 6.45) is 0. The maximum absolute atomic E-state index is 7.20. The lowest BCUT2D eigenvalue weighted by molar-refractivity contribution is 0.108. The Labute approximate surface area is 94.7 Å². The van der Waals surface area contributed by atoms with E-state index in [2.05, 4.69) is 0 Å². The zero-order chi connectivity index (χ0) is 11.3. The molecule has 3 nitrogen and oxygen atoms in total. The molecule has 0 heterocycles. The van der Waals surface area contributed by atoms with Crippen molar-refractivity contribution in [3.63, 3.8) is 0 Å². The van der Waals surface area contributed by atoms with Crippen LogP contribution in [0.3, 0.4) is 0 Å². The van der Waals surface area contributed by atoms with Gasteiger partial charge in [-0.05, 0) is 11.6 Å². The molecule has 4 heteroatoms. The lowest BCUT2D eigenvalue weighted by atomic mass is 10.2. The van der Waals surface area contributed by atoms with Crippen LogP contribution < -0.4 is 5.73 Å². The van der Waals surface area contributed by atoms with Crippen molar-refractivity contribution in [1.29, 1.82) is 5.41 Å². The highest BCUT2D eigenvalue weighted by Crippen LogP contribution is 2.15. The fourth-order valence-corrected chi connectivity index (χ4v) is 1.24. The predicted molar refractivity (Wildman–Crippen MR) is 62.2 cm³/mol. The van der Waals surface area contributed by atoms with Crippen molar-refractivity contribution in [3.8, 4) is 0 Å². The van der Waals surface area contributed by atoms with Gasteiger partial charge in [-0.3, -0.25) is 5.41 Å². The fraction of sp³-hybridized carbons (Fsp3) is 0.364. The smallest absolute Gasteiger partial charge is 0.0957 e. The lowest BCUT2D eigenvalue weighted by Crippen LogP contribution is -2.23. The van der Waals surface area contributed by atoms with Crippen LogP contribution in [0.25, 0.3) is 0 Å². The molecule has 0 aromatic heterocycles. The summed E-state index contributed by atoms with van der Waals surface area (Å²) in [7, 11) is 0. The Morgan fingerprint density at radius 1 is 1.53 bits per heavy atom. The molecule has 1 aromatic carbocycles. The highest BCUT2D eigenvalue weighted by Gasteiger charge is 2.05.